The summed E-state index contributed by atoms with van der Waals surface area (Å²) in [6.45, 7) is 3.77. The van der Waals surface area contributed by atoms with E-state index < -0.39 is 10.9 Å². The van der Waals surface area contributed by atoms with Crippen molar-refractivity contribution in [2.45, 2.75) is 25.6 Å². The highest BCUT2D eigenvalue weighted by Crippen LogP contribution is 2.25. The molecule has 0 N–H and O–H groups in total. The van der Waals surface area contributed by atoms with Crippen LogP contribution in [-0.2, 0) is 21.3 Å². The van der Waals surface area contributed by atoms with Gasteiger partial charge in [0.05, 0.1) is 18.0 Å². The number of nitro groups is 1. The van der Waals surface area contributed by atoms with E-state index in [1.54, 1.807) is 19.9 Å². The van der Waals surface area contributed by atoms with Crippen LogP contribution in [0.2, 0.25) is 0 Å². The molecule has 0 heterocycles. The maximum atomic E-state index is 11.4. The first-order chi connectivity index (χ1) is 8.49. The molecule has 18 heavy (non-hydrogen) atoms. The van der Waals surface area contributed by atoms with Crippen LogP contribution in [0.4, 0.5) is 5.69 Å². The van der Waals surface area contributed by atoms with Gasteiger partial charge in [-0.2, -0.15) is 0 Å². The lowest BCUT2D eigenvalue weighted by molar-refractivity contribution is -0.385. The first-order valence-corrected chi connectivity index (χ1v) is 6.60. The van der Waals surface area contributed by atoms with Crippen LogP contribution in [0.5, 0.6) is 0 Å². The Morgan fingerprint density at radius 2 is 2.11 bits per heavy atom. The van der Waals surface area contributed by atoms with Crippen LogP contribution in [-0.4, -0.2) is 17.5 Å². The average molecular weight is 316 g/mol. The van der Waals surface area contributed by atoms with Crippen LogP contribution in [0, 0.1) is 17.0 Å². The zero-order chi connectivity index (χ0) is 13.7. The molecule has 0 atom stereocenters. The number of ether oxygens (including phenoxy) is 1. The third kappa shape index (κ3) is 3.53. The monoisotopic (exact) mass is 315 g/mol. The smallest absolute Gasteiger partial charge is 0.310 e. The molecule has 98 valence electrons. The third-order valence-electron chi connectivity index (χ3n) is 2.52. The van der Waals surface area contributed by atoms with Crippen molar-refractivity contribution in [3.05, 3.63) is 38.9 Å². The van der Waals surface area contributed by atoms with Gasteiger partial charge in [0.15, 0.2) is 0 Å². The second-order valence-electron chi connectivity index (χ2n) is 3.78. The third-order valence-corrected chi connectivity index (χ3v) is 3.12. The number of aryl methyl sites for hydroxylation is 1. The Labute approximate surface area is 113 Å². The van der Waals surface area contributed by atoms with Crippen molar-refractivity contribution in [1.29, 1.82) is 0 Å². The van der Waals surface area contributed by atoms with Gasteiger partial charge in [0, 0.05) is 17.0 Å². The van der Waals surface area contributed by atoms with Gasteiger partial charge in [-0.15, -0.1) is 0 Å². The molecule has 0 aromatic heterocycles. The van der Waals surface area contributed by atoms with E-state index in [4.69, 9.17) is 4.74 Å². The summed E-state index contributed by atoms with van der Waals surface area (Å²) in [6, 6.07) is 3.17. The lowest BCUT2D eigenvalue weighted by Crippen LogP contribution is -2.10. The van der Waals surface area contributed by atoms with Crippen molar-refractivity contribution >= 4 is 27.6 Å². The summed E-state index contributed by atoms with van der Waals surface area (Å²) in [5, 5.41) is 11.5. The fraction of sp³-hybridized carbons (Fsp3) is 0.417. The first-order valence-electron chi connectivity index (χ1n) is 5.48. The predicted molar refractivity (Wildman–Crippen MR) is 70.8 cm³/mol. The molecule has 0 saturated carbocycles. The van der Waals surface area contributed by atoms with E-state index >= 15 is 0 Å². The molecule has 0 aliphatic carbocycles. The van der Waals surface area contributed by atoms with Gasteiger partial charge in [-0.25, -0.2) is 0 Å². The van der Waals surface area contributed by atoms with Gasteiger partial charge in [-0.3, -0.25) is 14.9 Å². The minimum absolute atomic E-state index is 0.0368. The second kappa shape index (κ2) is 6.49. The van der Waals surface area contributed by atoms with Gasteiger partial charge in [0.1, 0.15) is 0 Å². The number of rotatable bonds is 5. The molecule has 0 bridgehead atoms. The predicted octanol–water partition coefficient (Wildman–Crippen LogP) is 2.90. The van der Waals surface area contributed by atoms with Gasteiger partial charge in [-0.05, 0) is 31.0 Å². The molecule has 6 heteroatoms. The highest BCUT2D eigenvalue weighted by atomic mass is 79.9. The molecule has 0 saturated heterocycles. The van der Waals surface area contributed by atoms with Gasteiger partial charge >= 0.3 is 5.97 Å². The molecular weight excluding hydrogens is 302 g/mol. The number of halogens is 1. The number of benzene rings is 1. The molecule has 1 aromatic rings. The number of hydrogen-bond donors (Lipinski definition) is 0. The van der Waals surface area contributed by atoms with E-state index in [9.17, 15) is 14.9 Å². The Balaban J connectivity index is 3.14. The van der Waals surface area contributed by atoms with Gasteiger partial charge in [0.25, 0.3) is 5.69 Å². The molecule has 0 unspecified atom stereocenters. The molecule has 0 aliphatic rings. The summed E-state index contributed by atoms with van der Waals surface area (Å²) in [6.07, 6.45) is -0.0789. The standard InChI is InChI=1S/C12H14BrNO4/c1-3-18-12(15)6-9-5-10(7-13)8(2)4-11(9)14(16)17/h4-5H,3,6-7H2,1-2H3. The van der Waals surface area contributed by atoms with Crippen LogP contribution in [0.1, 0.15) is 23.6 Å². The van der Waals surface area contributed by atoms with E-state index in [2.05, 4.69) is 15.9 Å². The number of hydrogen-bond acceptors (Lipinski definition) is 4. The van der Waals surface area contributed by atoms with Crippen LogP contribution in [0.25, 0.3) is 0 Å². The van der Waals surface area contributed by atoms with E-state index in [1.807, 2.05) is 0 Å². The van der Waals surface area contributed by atoms with Crippen molar-refractivity contribution in [1.82, 2.24) is 0 Å². The normalized spacial score (nSPS) is 10.2. The van der Waals surface area contributed by atoms with Crippen LogP contribution in [0.3, 0.4) is 0 Å². The Kier molecular flexibility index (Phi) is 5.27. The van der Waals surface area contributed by atoms with Crippen molar-refractivity contribution in [2.24, 2.45) is 0 Å². The second-order valence-corrected chi connectivity index (χ2v) is 4.34. The number of nitro benzene ring substituents is 1. The van der Waals surface area contributed by atoms with Crippen LogP contribution >= 0.6 is 15.9 Å². The van der Waals surface area contributed by atoms with Crippen molar-refractivity contribution in [3.63, 3.8) is 0 Å². The fourth-order valence-electron chi connectivity index (χ4n) is 1.61. The molecular formula is C12H14BrNO4. The molecule has 0 aliphatic heterocycles. The average Bonchev–Trinajstić information content (AvgIpc) is 2.30. The summed E-state index contributed by atoms with van der Waals surface area (Å²) in [5.41, 5.74) is 2.11. The largest absolute Gasteiger partial charge is 0.466 e. The fourth-order valence-corrected chi connectivity index (χ4v) is 2.22. The minimum atomic E-state index is -0.473. The van der Waals surface area contributed by atoms with Gasteiger partial charge in [0.2, 0.25) is 0 Å². The summed E-state index contributed by atoms with van der Waals surface area (Å²) in [7, 11) is 0. The Hall–Kier alpha value is -1.43. The Morgan fingerprint density at radius 1 is 1.44 bits per heavy atom. The molecule has 1 aromatic carbocycles. The van der Waals surface area contributed by atoms with Crippen molar-refractivity contribution in [2.75, 3.05) is 6.61 Å². The molecule has 0 spiro atoms. The topological polar surface area (TPSA) is 69.4 Å². The molecule has 0 amide bonds. The van der Waals surface area contributed by atoms with E-state index in [0.29, 0.717) is 10.9 Å². The summed E-state index contributed by atoms with van der Waals surface area (Å²) in [5.74, 6) is -0.454. The molecule has 1 rings (SSSR count). The molecule has 0 radical (unpaired) electrons. The number of nitrogens with zero attached hydrogens (tertiary/aromatic N) is 1. The lowest BCUT2D eigenvalue weighted by atomic mass is 10.0. The lowest BCUT2D eigenvalue weighted by Gasteiger charge is -2.08. The van der Waals surface area contributed by atoms with Crippen molar-refractivity contribution in [3.8, 4) is 0 Å². The number of esters is 1. The van der Waals surface area contributed by atoms with E-state index in [1.165, 1.54) is 6.07 Å². The van der Waals surface area contributed by atoms with Gasteiger partial charge in [-0.1, -0.05) is 15.9 Å². The quantitative estimate of drug-likeness (QED) is 0.362. The van der Waals surface area contributed by atoms with E-state index in [0.717, 1.165) is 11.1 Å². The number of carbonyl (C=O) groups is 1. The van der Waals surface area contributed by atoms with Gasteiger partial charge < -0.3 is 4.74 Å². The molecule has 0 fully saturated rings. The molecule has 5 nitrogen and oxygen atoms in total. The van der Waals surface area contributed by atoms with E-state index in [-0.39, 0.29) is 18.7 Å². The maximum absolute atomic E-state index is 11.4. The Bertz CT molecular complexity index is 473. The Morgan fingerprint density at radius 3 is 2.61 bits per heavy atom. The first kappa shape index (κ1) is 14.6. The zero-order valence-electron chi connectivity index (χ0n) is 10.2. The number of carbonyl (C=O) groups excluding carboxylic acids is 1. The van der Waals surface area contributed by atoms with Crippen molar-refractivity contribution < 1.29 is 14.5 Å². The highest BCUT2D eigenvalue weighted by Gasteiger charge is 2.19. The summed E-state index contributed by atoms with van der Waals surface area (Å²) < 4.78 is 4.81. The van der Waals surface area contributed by atoms with Crippen LogP contribution < -0.4 is 0 Å². The summed E-state index contributed by atoms with van der Waals surface area (Å²) in [4.78, 5) is 21.9. The number of alkyl halides is 1. The maximum Gasteiger partial charge on any atom is 0.310 e. The minimum Gasteiger partial charge on any atom is -0.466 e. The highest BCUT2D eigenvalue weighted by molar-refractivity contribution is 9.08. The SMILES string of the molecule is CCOC(=O)Cc1cc(CBr)c(C)cc1[N+](=O)[O-]. The van der Waals surface area contributed by atoms with Crippen LogP contribution in [0.15, 0.2) is 12.1 Å². The zero-order valence-corrected chi connectivity index (χ0v) is 11.8. The summed E-state index contributed by atoms with van der Waals surface area (Å²) >= 11 is 3.32.